The van der Waals surface area contributed by atoms with E-state index >= 15 is 0 Å². The highest BCUT2D eigenvalue weighted by Crippen LogP contribution is 2.30. The number of allylic oxidation sites excluding steroid dienone is 1. The van der Waals surface area contributed by atoms with Gasteiger partial charge in [-0.25, -0.2) is 8.42 Å². The van der Waals surface area contributed by atoms with E-state index in [4.69, 9.17) is 0 Å². The molecule has 37 heavy (non-hydrogen) atoms. The highest BCUT2D eigenvalue weighted by molar-refractivity contribution is 7.92. The molecule has 9 heteroatoms. The summed E-state index contributed by atoms with van der Waals surface area (Å²) in [5, 5.41) is 0. The molecule has 0 radical (unpaired) electrons. The molecule has 190 valence electrons. The van der Waals surface area contributed by atoms with Gasteiger partial charge in [-0.05, 0) is 56.1 Å². The third kappa shape index (κ3) is 5.78. The van der Waals surface area contributed by atoms with E-state index in [-0.39, 0.29) is 22.4 Å². The molecule has 0 aromatic heterocycles. The van der Waals surface area contributed by atoms with Crippen molar-refractivity contribution in [2.75, 3.05) is 30.9 Å². The molecule has 2 amide bonds. The van der Waals surface area contributed by atoms with Crippen molar-refractivity contribution in [3.63, 3.8) is 0 Å². The fraction of sp³-hybridized carbons (Fsp3) is 0.179. The Morgan fingerprint density at radius 2 is 1.41 bits per heavy atom. The number of aliphatic imine (C=N–C) groups is 1. The Balaban J connectivity index is 1.41. The summed E-state index contributed by atoms with van der Waals surface area (Å²) in [6, 6.07) is 20.2. The third-order valence-corrected chi connectivity index (χ3v) is 7.50. The number of para-hydroxylation sites is 1. The number of anilines is 1. The number of hydrogen-bond donors (Lipinski definition) is 1. The van der Waals surface area contributed by atoms with Crippen molar-refractivity contribution in [2.24, 2.45) is 4.99 Å². The lowest BCUT2D eigenvalue weighted by atomic mass is 10.1. The van der Waals surface area contributed by atoms with Crippen LogP contribution in [0.3, 0.4) is 0 Å². The van der Waals surface area contributed by atoms with Crippen LogP contribution in [0.5, 0.6) is 0 Å². The van der Waals surface area contributed by atoms with E-state index in [9.17, 15) is 18.0 Å². The summed E-state index contributed by atoms with van der Waals surface area (Å²) in [5.41, 5.74) is 2.30. The monoisotopic (exact) mass is 516 g/mol. The van der Waals surface area contributed by atoms with Crippen LogP contribution in [0.1, 0.15) is 33.2 Å². The molecule has 0 spiro atoms. The zero-order chi connectivity index (χ0) is 26.4. The molecule has 1 N–H and O–H groups in total. The van der Waals surface area contributed by atoms with Gasteiger partial charge in [-0.3, -0.25) is 19.3 Å². The van der Waals surface area contributed by atoms with Crippen LogP contribution in [0.4, 0.5) is 11.4 Å². The standard InChI is InChI=1S/C28H28N4O4S/c1-3-8-21-11-7-12-25(26(21)29-2)37(35,36)30-24-15-13-23(14-16-24)28(34)32-19-17-31(18-20-32)27(33)22-9-5-4-6-10-22/h3-16,30H,2,17-20H2,1H3/b8-3-. The zero-order valence-electron chi connectivity index (χ0n) is 20.5. The lowest BCUT2D eigenvalue weighted by molar-refractivity contribution is 0.0535. The van der Waals surface area contributed by atoms with Crippen molar-refractivity contribution in [1.82, 2.24) is 9.80 Å². The molecule has 1 aliphatic rings. The van der Waals surface area contributed by atoms with E-state index in [1.54, 1.807) is 70.5 Å². The predicted octanol–water partition coefficient (Wildman–Crippen LogP) is 4.45. The summed E-state index contributed by atoms with van der Waals surface area (Å²) < 4.78 is 28.7. The molecule has 3 aromatic carbocycles. The first-order valence-electron chi connectivity index (χ1n) is 11.8. The van der Waals surface area contributed by atoms with Gasteiger partial charge in [-0.2, -0.15) is 0 Å². The molecule has 1 saturated heterocycles. The smallest absolute Gasteiger partial charge is 0.264 e. The molecule has 4 rings (SSSR count). The zero-order valence-corrected chi connectivity index (χ0v) is 21.3. The fourth-order valence-electron chi connectivity index (χ4n) is 4.19. The van der Waals surface area contributed by atoms with Crippen molar-refractivity contribution in [2.45, 2.75) is 11.8 Å². The van der Waals surface area contributed by atoms with Gasteiger partial charge in [-0.1, -0.05) is 42.5 Å². The van der Waals surface area contributed by atoms with Crippen molar-refractivity contribution < 1.29 is 18.0 Å². The topological polar surface area (TPSA) is 99.1 Å². The maximum atomic E-state index is 13.1. The second-order valence-corrected chi connectivity index (χ2v) is 10.1. The molecule has 0 aliphatic carbocycles. The van der Waals surface area contributed by atoms with Gasteiger partial charge < -0.3 is 9.80 Å². The van der Waals surface area contributed by atoms with Gasteiger partial charge in [0, 0.05) is 48.6 Å². The van der Waals surface area contributed by atoms with Crippen LogP contribution in [-0.4, -0.2) is 62.9 Å². The number of rotatable bonds is 7. The van der Waals surface area contributed by atoms with Gasteiger partial charge >= 0.3 is 0 Å². The first kappa shape index (κ1) is 25.8. The first-order valence-corrected chi connectivity index (χ1v) is 13.3. The molecule has 8 nitrogen and oxygen atoms in total. The Hall–Kier alpha value is -4.24. The fourth-order valence-corrected chi connectivity index (χ4v) is 5.44. The minimum Gasteiger partial charge on any atom is -0.335 e. The Kier molecular flexibility index (Phi) is 7.83. The molecule has 1 aliphatic heterocycles. The average molecular weight is 517 g/mol. The lowest BCUT2D eigenvalue weighted by Crippen LogP contribution is -2.50. The summed E-state index contributed by atoms with van der Waals surface area (Å²) in [6.07, 6.45) is 3.56. The number of carbonyl (C=O) groups excluding carboxylic acids is 2. The summed E-state index contributed by atoms with van der Waals surface area (Å²) >= 11 is 0. The van der Waals surface area contributed by atoms with Crippen LogP contribution >= 0.6 is 0 Å². The van der Waals surface area contributed by atoms with Gasteiger partial charge in [0.1, 0.15) is 4.90 Å². The van der Waals surface area contributed by atoms with Crippen molar-refractivity contribution in [3.8, 4) is 0 Å². The van der Waals surface area contributed by atoms with Gasteiger partial charge in [0.2, 0.25) is 0 Å². The normalized spacial score (nSPS) is 14.0. The summed E-state index contributed by atoms with van der Waals surface area (Å²) in [7, 11) is -3.94. The SMILES string of the molecule is C=Nc1c(/C=C\C)cccc1S(=O)(=O)Nc1ccc(C(=O)N2CCN(C(=O)c3ccccc3)CC2)cc1. The highest BCUT2D eigenvalue weighted by atomic mass is 32.2. The molecule has 0 unspecified atom stereocenters. The number of nitrogens with zero attached hydrogens (tertiary/aromatic N) is 3. The van der Waals surface area contributed by atoms with Crippen LogP contribution in [0.25, 0.3) is 6.08 Å². The van der Waals surface area contributed by atoms with Crippen LogP contribution in [-0.2, 0) is 10.0 Å². The second-order valence-electron chi connectivity index (χ2n) is 8.49. The maximum absolute atomic E-state index is 13.1. The lowest BCUT2D eigenvalue weighted by Gasteiger charge is -2.35. The second kappa shape index (κ2) is 11.2. The highest BCUT2D eigenvalue weighted by Gasteiger charge is 2.26. The third-order valence-electron chi connectivity index (χ3n) is 6.08. The van der Waals surface area contributed by atoms with Crippen molar-refractivity contribution >= 4 is 46.0 Å². The number of piperazine rings is 1. The Morgan fingerprint density at radius 3 is 1.95 bits per heavy atom. The molecule has 0 saturated carbocycles. The largest absolute Gasteiger partial charge is 0.335 e. The Labute approximate surface area is 217 Å². The van der Waals surface area contributed by atoms with E-state index < -0.39 is 10.0 Å². The molecular formula is C28H28N4O4S. The number of sulfonamides is 1. The van der Waals surface area contributed by atoms with E-state index in [1.807, 2.05) is 25.1 Å². The van der Waals surface area contributed by atoms with Crippen LogP contribution < -0.4 is 4.72 Å². The maximum Gasteiger partial charge on any atom is 0.264 e. The van der Waals surface area contributed by atoms with Gasteiger partial charge in [0.25, 0.3) is 21.8 Å². The number of amides is 2. The van der Waals surface area contributed by atoms with E-state index in [0.717, 1.165) is 0 Å². The van der Waals surface area contributed by atoms with Crippen LogP contribution in [0.15, 0.2) is 88.8 Å². The van der Waals surface area contributed by atoms with Crippen molar-refractivity contribution in [3.05, 3.63) is 95.6 Å². The van der Waals surface area contributed by atoms with Crippen LogP contribution in [0, 0.1) is 0 Å². The van der Waals surface area contributed by atoms with Gasteiger partial charge in [0.05, 0.1) is 5.69 Å². The number of benzene rings is 3. The van der Waals surface area contributed by atoms with Gasteiger partial charge in [-0.15, -0.1) is 0 Å². The van der Waals surface area contributed by atoms with E-state index in [1.165, 1.54) is 6.07 Å². The number of hydrogen-bond acceptors (Lipinski definition) is 5. The molecule has 1 heterocycles. The minimum atomic E-state index is -3.94. The van der Waals surface area contributed by atoms with Crippen molar-refractivity contribution in [1.29, 1.82) is 0 Å². The quantitative estimate of drug-likeness (QED) is 0.469. The molecule has 1 fully saturated rings. The van der Waals surface area contributed by atoms with E-state index in [0.29, 0.717) is 48.6 Å². The van der Waals surface area contributed by atoms with E-state index in [2.05, 4.69) is 16.4 Å². The predicted molar refractivity (Wildman–Crippen MR) is 146 cm³/mol. The molecule has 3 aromatic rings. The number of nitrogens with one attached hydrogen (secondary N) is 1. The Bertz CT molecular complexity index is 1430. The minimum absolute atomic E-state index is 0.0150. The molecular weight excluding hydrogens is 488 g/mol. The molecule has 0 bridgehead atoms. The molecule has 0 atom stereocenters. The number of carbonyl (C=O) groups is 2. The summed E-state index contributed by atoms with van der Waals surface area (Å²) in [5.74, 6) is -0.214. The first-order chi connectivity index (χ1) is 17.8. The van der Waals surface area contributed by atoms with Crippen LogP contribution in [0.2, 0.25) is 0 Å². The van der Waals surface area contributed by atoms with Gasteiger partial charge in [0.15, 0.2) is 0 Å². The Morgan fingerprint density at radius 1 is 0.838 bits per heavy atom. The average Bonchev–Trinajstić information content (AvgIpc) is 2.93. The summed E-state index contributed by atoms with van der Waals surface area (Å²) in [6.45, 7) is 7.09. The summed E-state index contributed by atoms with van der Waals surface area (Å²) in [4.78, 5) is 33.0.